The van der Waals surface area contributed by atoms with Crippen LogP contribution in [0.5, 0.6) is 0 Å². The quantitative estimate of drug-likeness (QED) is 0.931. The highest BCUT2D eigenvalue weighted by molar-refractivity contribution is 5.95. The van der Waals surface area contributed by atoms with E-state index in [0.717, 1.165) is 31.4 Å². The van der Waals surface area contributed by atoms with Gasteiger partial charge in [-0.1, -0.05) is 6.42 Å². The summed E-state index contributed by atoms with van der Waals surface area (Å²) in [6.45, 7) is 4.67. The fraction of sp³-hybridized carbons (Fsp3) is 0.688. The van der Waals surface area contributed by atoms with Gasteiger partial charge in [-0.3, -0.25) is 4.79 Å². The maximum Gasteiger partial charge on any atom is 0.254 e. The number of carbonyl (C=O) groups is 1. The molecule has 5 nitrogen and oxygen atoms in total. The molecule has 1 aliphatic heterocycles. The molecule has 1 aromatic rings. The minimum atomic E-state index is -0.379. The van der Waals surface area contributed by atoms with E-state index in [0.29, 0.717) is 24.5 Å². The van der Waals surface area contributed by atoms with E-state index < -0.39 is 0 Å². The topological polar surface area (TPSA) is 60.7 Å². The summed E-state index contributed by atoms with van der Waals surface area (Å²) >= 11 is 0. The van der Waals surface area contributed by atoms with Gasteiger partial charge in [0.05, 0.1) is 12.2 Å². The molecule has 1 amide bonds. The zero-order valence-corrected chi connectivity index (χ0v) is 12.7. The van der Waals surface area contributed by atoms with Crippen LogP contribution in [-0.2, 0) is 9.47 Å². The molecule has 1 aliphatic carbocycles. The summed E-state index contributed by atoms with van der Waals surface area (Å²) in [6.07, 6.45) is 5.46. The highest BCUT2D eigenvalue weighted by Gasteiger charge is 2.42. The predicted molar refractivity (Wildman–Crippen MR) is 77.2 cm³/mol. The van der Waals surface area contributed by atoms with Crippen LogP contribution in [-0.4, -0.2) is 30.9 Å². The SMILES string of the molecule is Cc1cc(C(=O)NC[C@@H]2COC3(CCCCC3)O2)c(C)o1. The summed E-state index contributed by atoms with van der Waals surface area (Å²) in [5.41, 5.74) is 0.596. The zero-order chi connectivity index (χ0) is 14.9. The second kappa shape index (κ2) is 5.81. The standard InChI is InChI=1S/C16H23NO4/c1-11-8-14(12(2)20-11)15(18)17-9-13-10-19-16(21-13)6-4-3-5-7-16/h8,13H,3-7,9-10H2,1-2H3,(H,17,18)/t13-/m1/s1. The molecule has 2 heterocycles. The molecule has 1 aromatic heterocycles. The highest BCUT2D eigenvalue weighted by Crippen LogP contribution is 2.37. The minimum Gasteiger partial charge on any atom is -0.466 e. The van der Waals surface area contributed by atoms with E-state index in [9.17, 15) is 4.79 Å². The monoisotopic (exact) mass is 293 g/mol. The molecule has 3 rings (SSSR count). The predicted octanol–water partition coefficient (Wildman–Crippen LogP) is 2.70. The fourth-order valence-electron chi connectivity index (χ4n) is 3.23. The van der Waals surface area contributed by atoms with Gasteiger partial charge in [-0.15, -0.1) is 0 Å². The van der Waals surface area contributed by atoms with Crippen LogP contribution in [0.4, 0.5) is 0 Å². The average Bonchev–Trinajstić information content (AvgIpc) is 3.01. The van der Waals surface area contributed by atoms with E-state index in [4.69, 9.17) is 13.9 Å². The lowest BCUT2D eigenvalue weighted by Gasteiger charge is -2.31. The lowest BCUT2D eigenvalue weighted by Crippen LogP contribution is -2.37. The molecule has 1 N–H and O–H groups in total. The Kier molecular flexibility index (Phi) is 4.04. The van der Waals surface area contributed by atoms with Crippen molar-refractivity contribution < 1.29 is 18.7 Å². The molecular formula is C16H23NO4. The zero-order valence-electron chi connectivity index (χ0n) is 12.7. The molecule has 2 aliphatic rings. The Labute approximate surface area is 125 Å². The van der Waals surface area contributed by atoms with Crippen LogP contribution in [0.1, 0.15) is 54.0 Å². The maximum atomic E-state index is 12.1. The first-order chi connectivity index (χ1) is 10.1. The third kappa shape index (κ3) is 3.14. The first kappa shape index (κ1) is 14.6. The van der Waals surface area contributed by atoms with Gasteiger partial charge in [0.2, 0.25) is 0 Å². The van der Waals surface area contributed by atoms with Gasteiger partial charge >= 0.3 is 0 Å². The second-order valence-electron chi connectivity index (χ2n) is 6.06. The number of ether oxygens (including phenoxy) is 2. The normalized spacial score (nSPS) is 24.4. The first-order valence-corrected chi connectivity index (χ1v) is 7.75. The molecule has 0 aromatic carbocycles. The van der Waals surface area contributed by atoms with Crippen molar-refractivity contribution in [3.05, 3.63) is 23.2 Å². The summed E-state index contributed by atoms with van der Waals surface area (Å²) in [5, 5.41) is 2.91. The van der Waals surface area contributed by atoms with Gasteiger partial charge in [0.15, 0.2) is 5.79 Å². The van der Waals surface area contributed by atoms with Crippen LogP contribution in [0.2, 0.25) is 0 Å². The lowest BCUT2D eigenvalue weighted by molar-refractivity contribution is -0.186. The Balaban J connectivity index is 1.52. The van der Waals surface area contributed by atoms with Gasteiger partial charge < -0.3 is 19.2 Å². The summed E-state index contributed by atoms with van der Waals surface area (Å²) in [5.74, 6) is 0.907. The van der Waals surface area contributed by atoms with Crippen LogP contribution in [0.15, 0.2) is 10.5 Å². The van der Waals surface area contributed by atoms with E-state index in [1.54, 1.807) is 13.0 Å². The van der Waals surface area contributed by atoms with Crippen molar-refractivity contribution in [1.82, 2.24) is 5.32 Å². The molecule has 1 saturated heterocycles. The molecule has 5 heteroatoms. The van der Waals surface area contributed by atoms with E-state index >= 15 is 0 Å². The minimum absolute atomic E-state index is 0.0552. The van der Waals surface area contributed by atoms with Crippen LogP contribution >= 0.6 is 0 Å². The number of furan rings is 1. The molecule has 116 valence electrons. The van der Waals surface area contributed by atoms with Crippen LogP contribution in [0.25, 0.3) is 0 Å². The summed E-state index contributed by atoms with van der Waals surface area (Å²) < 4.78 is 17.3. The molecule has 21 heavy (non-hydrogen) atoms. The molecular weight excluding hydrogens is 270 g/mol. The van der Waals surface area contributed by atoms with Gasteiger partial charge in [-0.25, -0.2) is 0 Å². The van der Waals surface area contributed by atoms with Crippen LogP contribution < -0.4 is 5.32 Å². The van der Waals surface area contributed by atoms with Crippen LogP contribution in [0.3, 0.4) is 0 Å². The van der Waals surface area contributed by atoms with Gasteiger partial charge in [0.1, 0.15) is 17.6 Å². The van der Waals surface area contributed by atoms with Gasteiger partial charge in [0, 0.05) is 19.4 Å². The number of rotatable bonds is 3. The Bertz CT molecular complexity index is 516. The van der Waals surface area contributed by atoms with E-state index in [2.05, 4.69) is 5.32 Å². The Morgan fingerprint density at radius 1 is 1.33 bits per heavy atom. The third-order valence-corrected chi connectivity index (χ3v) is 4.30. The maximum absolute atomic E-state index is 12.1. The van der Waals surface area contributed by atoms with E-state index in [1.165, 1.54) is 6.42 Å². The Morgan fingerprint density at radius 2 is 2.10 bits per heavy atom. The number of aryl methyl sites for hydroxylation is 2. The summed E-state index contributed by atoms with van der Waals surface area (Å²) in [7, 11) is 0. The smallest absolute Gasteiger partial charge is 0.254 e. The number of hydrogen-bond acceptors (Lipinski definition) is 4. The molecule has 1 saturated carbocycles. The number of amides is 1. The van der Waals surface area contributed by atoms with Crippen molar-refractivity contribution in [3.8, 4) is 0 Å². The Morgan fingerprint density at radius 3 is 2.76 bits per heavy atom. The molecule has 0 unspecified atom stereocenters. The van der Waals surface area contributed by atoms with Gasteiger partial charge in [0.25, 0.3) is 5.91 Å². The van der Waals surface area contributed by atoms with Crippen molar-refractivity contribution >= 4 is 5.91 Å². The average molecular weight is 293 g/mol. The summed E-state index contributed by atoms with van der Waals surface area (Å²) in [4.78, 5) is 12.1. The number of nitrogens with one attached hydrogen (secondary N) is 1. The van der Waals surface area contributed by atoms with Crippen molar-refractivity contribution in [2.75, 3.05) is 13.2 Å². The third-order valence-electron chi connectivity index (χ3n) is 4.30. The number of hydrogen-bond donors (Lipinski definition) is 1. The van der Waals surface area contributed by atoms with Crippen LogP contribution in [0, 0.1) is 13.8 Å². The lowest BCUT2D eigenvalue weighted by atomic mass is 9.94. The molecule has 1 atom stereocenters. The molecule has 0 radical (unpaired) electrons. The largest absolute Gasteiger partial charge is 0.466 e. The number of carbonyl (C=O) groups excluding carboxylic acids is 1. The van der Waals surface area contributed by atoms with Crippen molar-refractivity contribution in [2.45, 2.75) is 57.8 Å². The highest BCUT2D eigenvalue weighted by atomic mass is 16.7. The first-order valence-electron chi connectivity index (χ1n) is 7.75. The van der Waals surface area contributed by atoms with Crippen molar-refractivity contribution in [3.63, 3.8) is 0 Å². The van der Waals surface area contributed by atoms with Crippen molar-refractivity contribution in [1.29, 1.82) is 0 Å². The molecule has 2 fully saturated rings. The van der Waals surface area contributed by atoms with Gasteiger partial charge in [-0.05, 0) is 32.8 Å². The van der Waals surface area contributed by atoms with E-state index in [-0.39, 0.29) is 17.8 Å². The fourth-order valence-corrected chi connectivity index (χ4v) is 3.23. The Hall–Kier alpha value is -1.33. The van der Waals surface area contributed by atoms with Crippen molar-refractivity contribution in [2.24, 2.45) is 0 Å². The second-order valence-corrected chi connectivity index (χ2v) is 6.06. The molecule has 0 bridgehead atoms. The molecule has 1 spiro atoms. The summed E-state index contributed by atoms with van der Waals surface area (Å²) in [6, 6.07) is 1.76. The van der Waals surface area contributed by atoms with E-state index in [1.807, 2.05) is 6.92 Å². The van der Waals surface area contributed by atoms with Gasteiger partial charge in [-0.2, -0.15) is 0 Å².